The zero-order valence-corrected chi connectivity index (χ0v) is 24.3. The van der Waals surface area contributed by atoms with Gasteiger partial charge >= 0.3 is 0 Å². The Labute approximate surface area is 239 Å². The maximum Gasteiger partial charge on any atom is 0.271 e. The Hall–Kier alpha value is -2.22. The highest BCUT2D eigenvalue weighted by Gasteiger charge is 2.10. The smallest absolute Gasteiger partial charge is 0.271 e. The zero-order valence-electron chi connectivity index (χ0n) is 18.4. The van der Waals surface area contributed by atoms with Gasteiger partial charge in [-0.25, -0.2) is 10.4 Å². The first-order valence-electron chi connectivity index (χ1n) is 10.5. The number of hydrogen-bond donors (Lipinski definition) is 2. The van der Waals surface area contributed by atoms with Crippen molar-refractivity contribution >= 4 is 91.1 Å². The van der Waals surface area contributed by atoms with Gasteiger partial charge in [-0.1, -0.05) is 23.7 Å². The minimum Gasteiger partial charge on any atom is -0.492 e. The number of nitrogens with one attached hydrogen (secondary N) is 2. The first kappa shape index (κ1) is 25.9. The average Bonchev–Trinajstić information content (AvgIpc) is 3.31. The molecule has 4 aromatic rings. The van der Waals surface area contributed by atoms with Gasteiger partial charge in [0, 0.05) is 27.2 Å². The van der Waals surface area contributed by atoms with E-state index in [4.69, 9.17) is 16.3 Å². The van der Waals surface area contributed by atoms with Crippen LogP contribution in [-0.2, 0) is 0 Å². The van der Waals surface area contributed by atoms with Crippen molar-refractivity contribution in [2.75, 3.05) is 11.9 Å². The molecule has 178 valence electrons. The summed E-state index contributed by atoms with van der Waals surface area (Å²) in [7, 11) is 0. The van der Waals surface area contributed by atoms with Gasteiger partial charge in [0.1, 0.15) is 5.75 Å². The standard InChI is InChI=1S/C25H19ClI2N4O2S/c1-2-34-23-20(27)11-15(12-21(23)28)13-29-32-24(33)17-5-3-16(4-6-17)22-14-35-25(31-22)30-19-9-7-18(26)8-10-19/h3-14H,2H2,1H3,(H,30,31)(H,32,33)/b29-13-. The number of ether oxygens (including phenoxy) is 1. The van der Waals surface area contributed by atoms with Crippen LogP contribution in [0.4, 0.5) is 10.8 Å². The van der Waals surface area contributed by atoms with Crippen molar-refractivity contribution in [1.82, 2.24) is 10.4 Å². The number of aromatic nitrogens is 1. The summed E-state index contributed by atoms with van der Waals surface area (Å²) in [6, 6.07) is 18.6. The van der Waals surface area contributed by atoms with E-state index in [0.29, 0.717) is 17.2 Å². The van der Waals surface area contributed by atoms with Gasteiger partial charge in [-0.15, -0.1) is 11.3 Å². The second-order valence-electron chi connectivity index (χ2n) is 7.19. The summed E-state index contributed by atoms with van der Waals surface area (Å²) < 4.78 is 7.64. The fraction of sp³-hybridized carbons (Fsp3) is 0.0800. The molecule has 0 atom stereocenters. The Bertz CT molecular complexity index is 1340. The minimum absolute atomic E-state index is 0.286. The van der Waals surface area contributed by atoms with E-state index < -0.39 is 0 Å². The molecule has 0 saturated carbocycles. The monoisotopic (exact) mass is 728 g/mol. The lowest BCUT2D eigenvalue weighted by Gasteiger charge is -2.09. The van der Waals surface area contributed by atoms with Crippen molar-refractivity contribution < 1.29 is 9.53 Å². The summed E-state index contributed by atoms with van der Waals surface area (Å²) in [5, 5.41) is 10.8. The lowest BCUT2D eigenvalue weighted by atomic mass is 10.1. The Morgan fingerprint density at radius 2 is 1.80 bits per heavy atom. The predicted octanol–water partition coefficient (Wildman–Crippen LogP) is 7.58. The molecule has 0 aliphatic carbocycles. The van der Waals surface area contributed by atoms with Crippen LogP contribution in [0.3, 0.4) is 0 Å². The van der Waals surface area contributed by atoms with Crippen molar-refractivity contribution in [3.63, 3.8) is 0 Å². The van der Waals surface area contributed by atoms with Crippen LogP contribution < -0.4 is 15.5 Å². The number of nitrogens with zero attached hydrogens (tertiary/aromatic N) is 2. The molecular weight excluding hydrogens is 710 g/mol. The highest BCUT2D eigenvalue weighted by Crippen LogP contribution is 2.29. The molecule has 0 unspecified atom stereocenters. The molecule has 1 amide bonds. The molecule has 0 fully saturated rings. The normalized spacial score (nSPS) is 11.0. The van der Waals surface area contributed by atoms with Crippen molar-refractivity contribution in [3.05, 3.63) is 89.3 Å². The van der Waals surface area contributed by atoms with Crippen LogP contribution in [0.25, 0.3) is 11.3 Å². The number of carbonyl (C=O) groups is 1. The lowest BCUT2D eigenvalue weighted by Crippen LogP contribution is -2.17. The maximum absolute atomic E-state index is 12.5. The molecule has 0 radical (unpaired) electrons. The fourth-order valence-electron chi connectivity index (χ4n) is 3.08. The summed E-state index contributed by atoms with van der Waals surface area (Å²) in [6.07, 6.45) is 1.62. The van der Waals surface area contributed by atoms with Crippen LogP contribution in [0, 0.1) is 7.14 Å². The van der Waals surface area contributed by atoms with Crippen LogP contribution in [0.15, 0.2) is 71.1 Å². The molecule has 10 heteroatoms. The molecule has 6 nitrogen and oxygen atoms in total. The Morgan fingerprint density at radius 3 is 2.46 bits per heavy atom. The predicted molar refractivity (Wildman–Crippen MR) is 160 cm³/mol. The van der Waals surface area contributed by atoms with Crippen molar-refractivity contribution in [2.24, 2.45) is 5.10 Å². The number of halogens is 3. The van der Waals surface area contributed by atoms with E-state index >= 15 is 0 Å². The van der Waals surface area contributed by atoms with Crippen molar-refractivity contribution in [2.45, 2.75) is 6.92 Å². The minimum atomic E-state index is -0.286. The highest BCUT2D eigenvalue weighted by molar-refractivity contribution is 14.1. The van der Waals surface area contributed by atoms with E-state index in [9.17, 15) is 4.79 Å². The van der Waals surface area contributed by atoms with Crippen LogP contribution in [0.5, 0.6) is 5.75 Å². The molecule has 4 rings (SSSR count). The molecular formula is C25H19ClI2N4O2S. The van der Waals surface area contributed by atoms with Gasteiger partial charge in [-0.3, -0.25) is 4.79 Å². The number of thiazole rings is 1. The molecule has 0 saturated heterocycles. The third kappa shape index (κ3) is 6.93. The Kier molecular flexibility index (Phi) is 8.98. The molecule has 1 aromatic heterocycles. The van der Waals surface area contributed by atoms with Crippen LogP contribution >= 0.6 is 68.1 Å². The number of rotatable bonds is 8. The van der Waals surface area contributed by atoms with E-state index in [1.54, 1.807) is 18.3 Å². The second-order valence-corrected chi connectivity index (χ2v) is 10.8. The molecule has 0 bridgehead atoms. The molecule has 0 aliphatic rings. The van der Waals surface area contributed by atoms with Gasteiger partial charge in [0.05, 0.1) is 25.7 Å². The van der Waals surface area contributed by atoms with Crippen LogP contribution in [-0.4, -0.2) is 23.7 Å². The van der Waals surface area contributed by atoms with Crippen LogP contribution in [0.1, 0.15) is 22.8 Å². The quantitative estimate of drug-likeness (QED) is 0.112. The van der Waals surface area contributed by atoms with Gasteiger partial charge in [0.25, 0.3) is 5.91 Å². The summed E-state index contributed by atoms with van der Waals surface area (Å²) in [5.74, 6) is 0.578. The van der Waals surface area contributed by atoms with Gasteiger partial charge in [0.15, 0.2) is 5.13 Å². The number of benzene rings is 3. The second kappa shape index (κ2) is 12.2. The van der Waals surface area contributed by atoms with Crippen molar-refractivity contribution in [1.29, 1.82) is 0 Å². The summed E-state index contributed by atoms with van der Waals surface area (Å²) >= 11 is 11.9. The van der Waals surface area contributed by atoms with E-state index in [-0.39, 0.29) is 5.91 Å². The molecule has 2 N–H and O–H groups in total. The van der Waals surface area contributed by atoms with Crippen LogP contribution in [0.2, 0.25) is 5.02 Å². The van der Waals surface area contributed by atoms with E-state index in [1.165, 1.54) is 11.3 Å². The largest absolute Gasteiger partial charge is 0.492 e. The maximum atomic E-state index is 12.5. The molecule has 0 spiro atoms. The highest BCUT2D eigenvalue weighted by atomic mass is 127. The van der Waals surface area contributed by atoms with Gasteiger partial charge in [-0.2, -0.15) is 5.10 Å². The zero-order chi connectivity index (χ0) is 24.8. The molecule has 1 heterocycles. The van der Waals surface area contributed by atoms with E-state index in [0.717, 1.165) is 40.5 Å². The van der Waals surface area contributed by atoms with E-state index in [2.05, 4.69) is 66.0 Å². The summed E-state index contributed by atoms with van der Waals surface area (Å²) in [6.45, 7) is 2.57. The van der Waals surface area contributed by atoms with E-state index in [1.807, 2.05) is 60.8 Å². The number of carbonyl (C=O) groups excluding carboxylic acids is 1. The van der Waals surface area contributed by atoms with Gasteiger partial charge in [0.2, 0.25) is 0 Å². The number of amides is 1. The Morgan fingerprint density at radius 1 is 1.11 bits per heavy atom. The van der Waals surface area contributed by atoms with Gasteiger partial charge in [-0.05, 0) is 106 Å². The number of anilines is 2. The third-order valence-corrected chi connectivity index (χ3v) is 7.34. The first-order valence-corrected chi connectivity index (χ1v) is 13.9. The average molecular weight is 729 g/mol. The van der Waals surface area contributed by atoms with Crippen molar-refractivity contribution in [3.8, 4) is 17.0 Å². The molecule has 3 aromatic carbocycles. The lowest BCUT2D eigenvalue weighted by molar-refractivity contribution is 0.0955. The third-order valence-electron chi connectivity index (χ3n) is 4.73. The summed E-state index contributed by atoms with van der Waals surface area (Å²) in [4.78, 5) is 17.1. The SMILES string of the molecule is CCOc1c(I)cc(/C=N\NC(=O)c2ccc(-c3csc(Nc4ccc(Cl)cc4)n3)cc2)cc1I. The Balaban J connectivity index is 1.37. The first-order chi connectivity index (χ1) is 16.9. The van der Waals surface area contributed by atoms with Gasteiger partial charge < -0.3 is 10.1 Å². The fourth-order valence-corrected chi connectivity index (χ4v) is 6.07. The molecule has 35 heavy (non-hydrogen) atoms. The number of hydrazone groups is 1. The molecule has 0 aliphatic heterocycles. The number of hydrogen-bond acceptors (Lipinski definition) is 6. The summed E-state index contributed by atoms with van der Waals surface area (Å²) in [5.41, 5.74) is 6.64. The topological polar surface area (TPSA) is 75.6 Å².